The standard InChI is InChI=1S/C18H22ClNO3/c1-3-4-5-7-13(2)23-17(21)12-22-16-11-15(19)10-14-8-6-9-20-18(14)16/h6,8-11,13H,3-5,7,12H2,1-2H3. The highest BCUT2D eigenvalue weighted by Crippen LogP contribution is 2.28. The summed E-state index contributed by atoms with van der Waals surface area (Å²) in [5, 5.41) is 1.41. The molecule has 0 aliphatic heterocycles. The maximum absolute atomic E-state index is 11.9. The molecule has 2 aromatic rings. The van der Waals surface area contributed by atoms with Crippen LogP contribution >= 0.6 is 11.6 Å². The van der Waals surface area contributed by atoms with E-state index >= 15 is 0 Å². The second-order valence-corrected chi connectivity index (χ2v) is 6.00. The van der Waals surface area contributed by atoms with Gasteiger partial charge in [-0.25, -0.2) is 4.79 Å². The lowest BCUT2D eigenvalue weighted by atomic mass is 10.1. The van der Waals surface area contributed by atoms with Gasteiger partial charge in [0.05, 0.1) is 6.10 Å². The third-order valence-corrected chi connectivity index (χ3v) is 3.75. The van der Waals surface area contributed by atoms with Crippen LogP contribution in [0.5, 0.6) is 5.75 Å². The second-order valence-electron chi connectivity index (χ2n) is 5.56. The fourth-order valence-corrected chi connectivity index (χ4v) is 2.59. The van der Waals surface area contributed by atoms with Crippen LogP contribution < -0.4 is 4.74 Å². The summed E-state index contributed by atoms with van der Waals surface area (Å²) in [7, 11) is 0. The van der Waals surface area contributed by atoms with Crippen LogP contribution in [-0.2, 0) is 9.53 Å². The summed E-state index contributed by atoms with van der Waals surface area (Å²) in [5.74, 6) is 0.113. The third-order valence-electron chi connectivity index (χ3n) is 3.53. The van der Waals surface area contributed by atoms with Crippen molar-refractivity contribution in [2.75, 3.05) is 6.61 Å². The SMILES string of the molecule is CCCCCC(C)OC(=O)COc1cc(Cl)cc2cccnc12. The summed E-state index contributed by atoms with van der Waals surface area (Å²) < 4.78 is 10.9. The summed E-state index contributed by atoms with van der Waals surface area (Å²) >= 11 is 6.07. The molecule has 0 saturated heterocycles. The molecule has 1 aromatic carbocycles. The zero-order valence-corrected chi connectivity index (χ0v) is 14.3. The van der Waals surface area contributed by atoms with Crippen LogP contribution in [0.2, 0.25) is 5.02 Å². The maximum atomic E-state index is 11.9. The lowest BCUT2D eigenvalue weighted by Gasteiger charge is -2.14. The molecule has 0 saturated carbocycles. The minimum atomic E-state index is -0.377. The van der Waals surface area contributed by atoms with Gasteiger partial charge in [-0.1, -0.05) is 37.4 Å². The molecule has 1 heterocycles. The highest BCUT2D eigenvalue weighted by Gasteiger charge is 2.12. The van der Waals surface area contributed by atoms with Crippen molar-refractivity contribution in [3.05, 3.63) is 35.5 Å². The second kappa shape index (κ2) is 8.73. The van der Waals surface area contributed by atoms with E-state index in [2.05, 4.69) is 11.9 Å². The lowest BCUT2D eigenvalue weighted by Crippen LogP contribution is -2.20. The molecule has 1 atom stereocenters. The van der Waals surface area contributed by atoms with Crippen molar-refractivity contribution >= 4 is 28.5 Å². The first-order valence-corrected chi connectivity index (χ1v) is 8.34. The van der Waals surface area contributed by atoms with Crippen molar-refractivity contribution in [2.45, 2.75) is 45.6 Å². The Bertz CT molecular complexity index is 660. The number of aromatic nitrogens is 1. The van der Waals surface area contributed by atoms with Crippen molar-refractivity contribution in [1.82, 2.24) is 4.98 Å². The first-order chi connectivity index (χ1) is 11.1. The van der Waals surface area contributed by atoms with Gasteiger partial charge in [-0.3, -0.25) is 4.98 Å². The average Bonchev–Trinajstić information content (AvgIpc) is 2.52. The Labute approximate surface area is 141 Å². The Morgan fingerprint density at radius 1 is 1.35 bits per heavy atom. The molecule has 1 aromatic heterocycles. The Kier molecular flexibility index (Phi) is 6.66. The minimum Gasteiger partial charge on any atom is -0.480 e. The predicted octanol–water partition coefficient (Wildman–Crippen LogP) is 4.78. The minimum absolute atomic E-state index is 0.0909. The van der Waals surface area contributed by atoms with Gasteiger partial charge in [0.1, 0.15) is 11.3 Å². The largest absolute Gasteiger partial charge is 0.480 e. The molecule has 0 N–H and O–H groups in total. The number of carbonyl (C=O) groups excluding carboxylic acids is 1. The number of fused-ring (bicyclic) bond motifs is 1. The number of esters is 1. The molecule has 0 fully saturated rings. The summed E-state index contributed by atoms with van der Waals surface area (Å²) in [5.41, 5.74) is 0.681. The molecule has 0 aliphatic rings. The zero-order chi connectivity index (χ0) is 16.7. The molecular formula is C18H22ClNO3. The number of rotatable bonds is 8. The highest BCUT2D eigenvalue weighted by atomic mass is 35.5. The zero-order valence-electron chi connectivity index (χ0n) is 13.5. The Morgan fingerprint density at radius 3 is 2.96 bits per heavy atom. The summed E-state index contributed by atoms with van der Waals surface area (Å²) in [6.45, 7) is 3.90. The Hall–Kier alpha value is -1.81. The number of benzene rings is 1. The van der Waals surface area contributed by atoms with Crippen LogP contribution in [-0.4, -0.2) is 23.7 Å². The van der Waals surface area contributed by atoms with Gasteiger partial charge in [-0.2, -0.15) is 0 Å². The summed E-state index contributed by atoms with van der Waals surface area (Å²) in [4.78, 5) is 16.2. The van der Waals surface area contributed by atoms with E-state index < -0.39 is 0 Å². The summed E-state index contributed by atoms with van der Waals surface area (Å²) in [6, 6.07) is 7.20. The Balaban J connectivity index is 1.92. The van der Waals surface area contributed by atoms with Gasteiger partial charge in [0.15, 0.2) is 6.61 Å². The number of ether oxygens (including phenoxy) is 2. The third kappa shape index (κ3) is 5.39. The molecule has 0 aliphatic carbocycles. The first kappa shape index (κ1) is 17.5. The topological polar surface area (TPSA) is 48.4 Å². The van der Waals surface area contributed by atoms with Crippen LogP contribution in [0, 0.1) is 0 Å². The van der Waals surface area contributed by atoms with Gasteiger partial charge in [-0.05, 0) is 31.9 Å². The average molecular weight is 336 g/mol. The van der Waals surface area contributed by atoms with Gasteiger partial charge in [-0.15, -0.1) is 0 Å². The van der Waals surface area contributed by atoms with Gasteiger partial charge in [0.2, 0.25) is 0 Å². The number of carbonyl (C=O) groups is 1. The Morgan fingerprint density at radius 2 is 2.17 bits per heavy atom. The van der Waals surface area contributed by atoms with Crippen molar-refractivity contribution in [2.24, 2.45) is 0 Å². The molecule has 5 heteroatoms. The van der Waals surface area contributed by atoms with E-state index in [0.717, 1.165) is 31.1 Å². The number of hydrogen-bond donors (Lipinski definition) is 0. The molecular weight excluding hydrogens is 314 g/mol. The fraction of sp³-hybridized carbons (Fsp3) is 0.444. The van der Waals surface area contributed by atoms with Crippen LogP contribution in [0.15, 0.2) is 30.5 Å². The first-order valence-electron chi connectivity index (χ1n) is 7.96. The lowest BCUT2D eigenvalue weighted by molar-refractivity contribution is -0.150. The van der Waals surface area contributed by atoms with Gasteiger partial charge in [0, 0.05) is 22.7 Å². The molecule has 1 unspecified atom stereocenters. The van der Waals surface area contributed by atoms with E-state index in [0.29, 0.717) is 16.3 Å². The van der Waals surface area contributed by atoms with Gasteiger partial charge in [0.25, 0.3) is 0 Å². The van der Waals surface area contributed by atoms with Crippen molar-refractivity contribution < 1.29 is 14.3 Å². The predicted molar refractivity (Wildman–Crippen MR) is 91.9 cm³/mol. The van der Waals surface area contributed by atoms with E-state index in [1.54, 1.807) is 12.3 Å². The normalized spacial score (nSPS) is 12.1. The van der Waals surface area contributed by atoms with Crippen molar-refractivity contribution in [3.63, 3.8) is 0 Å². The quantitative estimate of drug-likeness (QED) is 0.514. The van der Waals surface area contributed by atoms with E-state index in [9.17, 15) is 4.79 Å². The molecule has 0 bridgehead atoms. The van der Waals surface area contributed by atoms with Crippen LogP contribution in [0.1, 0.15) is 39.5 Å². The summed E-state index contributed by atoms with van der Waals surface area (Å²) in [6.07, 6.45) is 5.83. The molecule has 0 amide bonds. The van der Waals surface area contributed by atoms with Crippen molar-refractivity contribution in [3.8, 4) is 5.75 Å². The number of hydrogen-bond acceptors (Lipinski definition) is 4. The highest BCUT2D eigenvalue weighted by molar-refractivity contribution is 6.31. The number of halogens is 1. The number of pyridine rings is 1. The molecule has 0 spiro atoms. The van der Waals surface area contributed by atoms with E-state index in [4.69, 9.17) is 21.1 Å². The number of unbranched alkanes of at least 4 members (excludes halogenated alkanes) is 2. The monoisotopic (exact) mass is 335 g/mol. The van der Waals surface area contributed by atoms with Crippen LogP contribution in [0.3, 0.4) is 0 Å². The fourth-order valence-electron chi connectivity index (χ4n) is 2.37. The molecule has 124 valence electrons. The van der Waals surface area contributed by atoms with E-state index in [-0.39, 0.29) is 18.7 Å². The molecule has 23 heavy (non-hydrogen) atoms. The maximum Gasteiger partial charge on any atom is 0.344 e. The van der Waals surface area contributed by atoms with Crippen LogP contribution in [0.25, 0.3) is 10.9 Å². The molecule has 0 radical (unpaired) electrons. The van der Waals surface area contributed by atoms with E-state index in [1.165, 1.54) is 0 Å². The number of nitrogens with zero attached hydrogens (tertiary/aromatic N) is 1. The van der Waals surface area contributed by atoms with Gasteiger partial charge >= 0.3 is 5.97 Å². The van der Waals surface area contributed by atoms with Gasteiger partial charge < -0.3 is 9.47 Å². The van der Waals surface area contributed by atoms with Crippen molar-refractivity contribution in [1.29, 1.82) is 0 Å². The van der Waals surface area contributed by atoms with E-state index in [1.807, 2.05) is 25.1 Å². The molecule has 2 rings (SSSR count). The van der Waals surface area contributed by atoms with Crippen LogP contribution in [0.4, 0.5) is 0 Å². The smallest absolute Gasteiger partial charge is 0.344 e. The molecule has 4 nitrogen and oxygen atoms in total.